The van der Waals surface area contributed by atoms with Crippen molar-refractivity contribution < 1.29 is 13.2 Å². The first kappa shape index (κ1) is 16.1. The van der Waals surface area contributed by atoms with E-state index in [0.29, 0.717) is 5.17 Å². The molecule has 7 heteroatoms. The minimum Gasteiger partial charge on any atom is -0.315 e. The monoisotopic (exact) mass is 364 g/mol. The zero-order chi connectivity index (χ0) is 17.1. The molecule has 0 bridgehead atoms. The first-order valence-electron chi connectivity index (χ1n) is 8.21. The fraction of sp³-hybridized carbons (Fsp3) is 0.529. The maximum Gasteiger partial charge on any atom is 0.251 e. The standard InChI is InChI=1S/C17H20N2O3S2/c1-10-4-3-5-11(2)15(10)19-13-8-24(21,22)9-14(13)23-17(19)18-16(20)12-6-7-12/h3-5,12-14H,6-9H2,1-2H3/t13-,14+/m1/s1. The zero-order valence-electron chi connectivity index (χ0n) is 13.7. The molecule has 0 N–H and O–H groups in total. The number of hydrogen-bond donors (Lipinski definition) is 0. The molecule has 1 aromatic carbocycles. The Morgan fingerprint density at radius 2 is 1.88 bits per heavy atom. The Hall–Kier alpha value is -1.34. The normalized spacial score (nSPS) is 29.9. The summed E-state index contributed by atoms with van der Waals surface area (Å²) in [5, 5.41) is 0.633. The summed E-state index contributed by atoms with van der Waals surface area (Å²) < 4.78 is 24.2. The molecule has 4 rings (SSSR count). The van der Waals surface area contributed by atoms with Gasteiger partial charge in [-0.15, -0.1) is 0 Å². The van der Waals surface area contributed by atoms with Gasteiger partial charge in [0, 0.05) is 16.9 Å². The number of carbonyl (C=O) groups is 1. The van der Waals surface area contributed by atoms with Gasteiger partial charge < -0.3 is 4.90 Å². The zero-order valence-corrected chi connectivity index (χ0v) is 15.4. The molecule has 2 heterocycles. The summed E-state index contributed by atoms with van der Waals surface area (Å²) in [4.78, 5) is 18.6. The van der Waals surface area contributed by atoms with E-state index in [1.165, 1.54) is 11.8 Å². The van der Waals surface area contributed by atoms with Crippen molar-refractivity contribution in [3.8, 4) is 0 Å². The van der Waals surface area contributed by atoms with E-state index >= 15 is 0 Å². The van der Waals surface area contributed by atoms with E-state index in [2.05, 4.69) is 4.99 Å². The van der Waals surface area contributed by atoms with Gasteiger partial charge in [0.05, 0.1) is 17.5 Å². The van der Waals surface area contributed by atoms with Crippen LogP contribution in [0.25, 0.3) is 0 Å². The van der Waals surface area contributed by atoms with Gasteiger partial charge in [0.25, 0.3) is 5.91 Å². The molecule has 0 unspecified atom stereocenters. The van der Waals surface area contributed by atoms with Crippen LogP contribution in [0.5, 0.6) is 0 Å². The Kier molecular flexibility index (Phi) is 3.76. The van der Waals surface area contributed by atoms with Gasteiger partial charge in [-0.25, -0.2) is 8.42 Å². The van der Waals surface area contributed by atoms with Crippen LogP contribution in [0.2, 0.25) is 0 Å². The van der Waals surface area contributed by atoms with E-state index in [0.717, 1.165) is 29.7 Å². The lowest BCUT2D eigenvalue weighted by molar-refractivity contribution is -0.118. The number of carbonyl (C=O) groups excluding carboxylic acids is 1. The average Bonchev–Trinajstić information content (AvgIpc) is 3.23. The topological polar surface area (TPSA) is 66.8 Å². The minimum absolute atomic E-state index is 0.0419. The Labute approximate surface area is 146 Å². The molecule has 1 amide bonds. The second-order valence-electron chi connectivity index (χ2n) is 6.92. The van der Waals surface area contributed by atoms with Crippen molar-refractivity contribution >= 4 is 38.4 Å². The molecule has 1 saturated carbocycles. The minimum atomic E-state index is -3.03. The second-order valence-corrected chi connectivity index (χ2v) is 10.3. The van der Waals surface area contributed by atoms with Gasteiger partial charge in [-0.1, -0.05) is 30.0 Å². The molecule has 128 valence electrons. The van der Waals surface area contributed by atoms with Gasteiger partial charge >= 0.3 is 0 Å². The van der Waals surface area contributed by atoms with Crippen molar-refractivity contribution in [1.29, 1.82) is 0 Å². The Bertz CT molecular complexity index is 823. The number of para-hydroxylation sites is 1. The van der Waals surface area contributed by atoms with Gasteiger partial charge in [-0.05, 0) is 37.8 Å². The van der Waals surface area contributed by atoms with E-state index < -0.39 is 9.84 Å². The van der Waals surface area contributed by atoms with Crippen LogP contribution in [-0.4, -0.2) is 42.3 Å². The Morgan fingerprint density at radius 3 is 2.50 bits per heavy atom. The molecule has 0 radical (unpaired) electrons. The van der Waals surface area contributed by atoms with Crippen molar-refractivity contribution in [2.75, 3.05) is 16.4 Å². The predicted molar refractivity (Wildman–Crippen MR) is 97.4 cm³/mol. The molecular weight excluding hydrogens is 344 g/mol. The molecule has 3 fully saturated rings. The summed E-state index contributed by atoms with van der Waals surface area (Å²) in [7, 11) is -3.03. The predicted octanol–water partition coefficient (Wildman–Crippen LogP) is 2.31. The van der Waals surface area contributed by atoms with Crippen LogP contribution in [0, 0.1) is 19.8 Å². The summed E-state index contributed by atoms with van der Waals surface area (Å²) in [5.41, 5.74) is 3.15. The largest absolute Gasteiger partial charge is 0.315 e. The van der Waals surface area contributed by atoms with Crippen molar-refractivity contribution in [2.24, 2.45) is 10.9 Å². The van der Waals surface area contributed by atoms with Crippen LogP contribution in [0.4, 0.5) is 5.69 Å². The maximum atomic E-state index is 12.2. The summed E-state index contributed by atoms with van der Waals surface area (Å²) in [6.45, 7) is 4.04. The lowest BCUT2D eigenvalue weighted by Gasteiger charge is -2.27. The number of nitrogens with zero attached hydrogens (tertiary/aromatic N) is 2. The van der Waals surface area contributed by atoms with E-state index in [1.807, 2.05) is 36.9 Å². The van der Waals surface area contributed by atoms with Crippen LogP contribution < -0.4 is 4.90 Å². The molecular formula is C17H20N2O3S2. The lowest BCUT2D eigenvalue weighted by atomic mass is 10.1. The van der Waals surface area contributed by atoms with Crippen LogP contribution in [0.1, 0.15) is 24.0 Å². The quantitative estimate of drug-likeness (QED) is 0.806. The number of amides is 1. The third-order valence-electron chi connectivity index (χ3n) is 4.88. The van der Waals surface area contributed by atoms with Crippen LogP contribution in [0.3, 0.4) is 0 Å². The fourth-order valence-electron chi connectivity index (χ4n) is 3.53. The number of fused-ring (bicyclic) bond motifs is 1. The number of hydrogen-bond acceptors (Lipinski definition) is 4. The highest BCUT2D eigenvalue weighted by molar-refractivity contribution is 8.16. The average molecular weight is 364 g/mol. The number of amidine groups is 1. The smallest absolute Gasteiger partial charge is 0.251 e. The molecule has 1 aromatic rings. The molecule has 5 nitrogen and oxygen atoms in total. The summed E-state index contributed by atoms with van der Waals surface area (Å²) in [6, 6.07) is 5.89. The maximum absolute atomic E-state index is 12.2. The molecule has 0 spiro atoms. The number of benzene rings is 1. The van der Waals surface area contributed by atoms with E-state index in [4.69, 9.17) is 0 Å². The first-order chi connectivity index (χ1) is 11.4. The summed E-state index contributed by atoms with van der Waals surface area (Å²) in [5.74, 6) is 0.314. The number of anilines is 1. The second kappa shape index (κ2) is 5.59. The third kappa shape index (κ3) is 2.77. The van der Waals surface area contributed by atoms with Crippen molar-refractivity contribution in [2.45, 2.75) is 38.0 Å². The van der Waals surface area contributed by atoms with Gasteiger partial charge in [0.2, 0.25) is 0 Å². The Balaban J connectivity index is 1.79. The van der Waals surface area contributed by atoms with Gasteiger partial charge in [0.1, 0.15) is 0 Å². The molecule has 0 aromatic heterocycles. The number of aliphatic imine (C=N–C) groups is 1. The fourth-order valence-corrected chi connectivity index (χ4v) is 7.43. The van der Waals surface area contributed by atoms with Gasteiger partial charge in [-0.2, -0.15) is 4.99 Å². The number of sulfone groups is 1. The van der Waals surface area contributed by atoms with Crippen LogP contribution in [0.15, 0.2) is 23.2 Å². The third-order valence-corrected chi connectivity index (χ3v) is 8.09. The molecule has 2 aliphatic heterocycles. The first-order valence-corrected chi connectivity index (χ1v) is 10.9. The van der Waals surface area contributed by atoms with E-state index in [-0.39, 0.29) is 34.6 Å². The summed E-state index contributed by atoms with van der Waals surface area (Å²) >= 11 is 1.45. The molecule has 2 atom stereocenters. The van der Waals surface area contributed by atoms with Crippen molar-refractivity contribution in [1.82, 2.24) is 0 Å². The number of thioether (sulfide) groups is 1. The SMILES string of the molecule is Cc1cccc(C)c1N1C(=NC(=O)C2CC2)S[C@H]2CS(=O)(=O)C[C@H]21. The van der Waals surface area contributed by atoms with Crippen molar-refractivity contribution in [3.05, 3.63) is 29.3 Å². The number of aryl methyl sites for hydroxylation is 2. The lowest BCUT2D eigenvalue weighted by Crippen LogP contribution is -2.38. The highest BCUT2D eigenvalue weighted by Crippen LogP contribution is 2.43. The van der Waals surface area contributed by atoms with Crippen molar-refractivity contribution in [3.63, 3.8) is 0 Å². The molecule has 24 heavy (non-hydrogen) atoms. The molecule has 2 saturated heterocycles. The highest BCUT2D eigenvalue weighted by Gasteiger charge is 2.50. The van der Waals surface area contributed by atoms with Gasteiger partial charge in [0.15, 0.2) is 15.0 Å². The number of rotatable bonds is 2. The van der Waals surface area contributed by atoms with Crippen LogP contribution >= 0.6 is 11.8 Å². The van der Waals surface area contributed by atoms with E-state index in [1.54, 1.807) is 0 Å². The summed E-state index contributed by atoms with van der Waals surface area (Å²) in [6.07, 6.45) is 1.84. The molecule has 1 aliphatic carbocycles. The Morgan fingerprint density at radius 1 is 1.21 bits per heavy atom. The van der Waals surface area contributed by atoms with Crippen LogP contribution in [-0.2, 0) is 14.6 Å². The molecule has 3 aliphatic rings. The van der Waals surface area contributed by atoms with Gasteiger partial charge in [-0.3, -0.25) is 4.79 Å². The van der Waals surface area contributed by atoms with E-state index in [9.17, 15) is 13.2 Å². The highest BCUT2D eigenvalue weighted by atomic mass is 32.2.